The maximum atomic E-state index is 12.2. The van der Waals surface area contributed by atoms with Crippen LogP contribution in [0, 0.1) is 0 Å². The zero-order valence-electron chi connectivity index (χ0n) is 13.1. The van der Waals surface area contributed by atoms with E-state index >= 15 is 0 Å². The Morgan fingerprint density at radius 3 is 2.24 bits per heavy atom. The number of anilines is 1. The van der Waals surface area contributed by atoms with Crippen molar-refractivity contribution in [2.45, 2.75) is 33.6 Å². The van der Waals surface area contributed by atoms with E-state index in [0.29, 0.717) is 19.4 Å². The van der Waals surface area contributed by atoms with Gasteiger partial charge >= 0.3 is 6.03 Å². The van der Waals surface area contributed by atoms with Crippen molar-refractivity contribution in [3.63, 3.8) is 0 Å². The van der Waals surface area contributed by atoms with E-state index in [2.05, 4.69) is 10.3 Å². The number of benzene rings is 1. The van der Waals surface area contributed by atoms with Gasteiger partial charge in [0.2, 0.25) is 0 Å². The SMILES string of the molecule is CCN=C(N)NC(=O)N(C)c1c(CC)cc(O)cc1CC. The van der Waals surface area contributed by atoms with Crippen LogP contribution in [0.25, 0.3) is 0 Å². The maximum absolute atomic E-state index is 12.2. The first-order valence-electron chi connectivity index (χ1n) is 7.13. The molecule has 1 rings (SSSR count). The van der Waals surface area contributed by atoms with Gasteiger partial charge in [0.05, 0.1) is 5.69 Å². The van der Waals surface area contributed by atoms with Gasteiger partial charge in [-0.15, -0.1) is 0 Å². The molecule has 116 valence electrons. The highest BCUT2D eigenvalue weighted by Crippen LogP contribution is 2.30. The van der Waals surface area contributed by atoms with Gasteiger partial charge in [-0.3, -0.25) is 15.2 Å². The van der Waals surface area contributed by atoms with E-state index in [-0.39, 0.29) is 17.7 Å². The van der Waals surface area contributed by atoms with Gasteiger partial charge in [0, 0.05) is 13.6 Å². The van der Waals surface area contributed by atoms with Crippen molar-refractivity contribution in [2.24, 2.45) is 10.7 Å². The molecule has 0 unspecified atom stereocenters. The molecule has 0 aliphatic rings. The number of phenolic OH excluding ortho intramolecular Hbond substituents is 1. The number of hydrogen-bond donors (Lipinski definition) is 3. The number of carbonyl (C=O) groups excluding carboxylic acids is 1. The summed E-state index contributed by atoms with van der Waals surface area (Å²) in [6.45, 7) is 6.31. The summed E-state index contributed by atoms with van der Waals surface area (Å²) in [5.41, 5.74) is 8.25. The Morgan fingerprint density at radius 1 is 1.29 bits per heavy atom. The van der Waals surface area contributed by atoms with Gasteiger partial charge < -0.3 is 10.8 Å². The molecule has 0 atom stereocenters. The van der Waals surface area contributed by atoms with Crippen LogP contribution in [0.4, 0.5) is 10.5 Å². The van der Waals surface area contributed by atoms with E-state index in [1.807, 2.05) is 20.8 Å². The van der Waals surface area contributed by atoms with Crippen LogP contribution in [0.1, 0.15) is 31.9 Å². The fourth-order valence-electron chi connectivity index (χ4n) is 2.22. The molecule has 0 aliphatic carbocycles. The lowest BCUT2D eigenvalue weighted by molar-refractivity contribution is 0.251. The molecule has 2 amide bonds. The lowest BCUT2D eigenvalue weighted by Gasteiger charge is -2.24. The standard InChI is InChI=1S/C15H24N4O2/c1-5-10-8-12(20)9-11(6-2)13(10)19(4)15(21)18-14(16)17-7-3/h8-9,20H,5-7H2,1-4H3,(H3,16,17,18,21). The lowest BCUT2D eigenvalue weighted by atomic mass is 10.0. The first kappa shape index (κ1) is 16.8. The summed E-state index contributed by atoms with van der Waals surface area (Å²) in [4.78, 5) is 17.7. The number of carbonyl (C=O) groups is 1. The molecular weight excluding hydrogens is 268 g/mol. The van der Waals surface area contributed by atoms with Crippen LogP contribution in [0.3, 0.4) is 0 Å². The summed E-state index contributed by atoms with van der Waals surface area (Å²) in [6.07, 6.45) is 1.43. The molecule has 0 heterocycles. The van der Waals surface area contributed by atoms with Crippen molar-refractivity contribution in [3.05, 3.63) is 23.3 Å². The molecule has 0 bridgehead atoms. The molecular formula is C15H24N4O2. The highest BCUT2D eigenvalue weighted by Gasteiger charge is 2.18. The maximum Gasteiger partial charge on any atom is 0.328 e. The number of rotatable bonds is 4. The molecule has 6 heteroatoms. The number of nitrogens with two attached hydrogens (primary N) is 1. The minimum absolute atomic E-state index is 0.101. The van der Waals surface area contributed by atoms with Crippen LogP contribution in [0.15, 0.2) is 17.1 Å². The average Bonchev–Trinajstić information content (AvgIpc) is 2.45. The Labute approximate surface area is 125 Å². The van der Waals surface area contributed by atoms with E-state index in [1.54, 1.807) is 19.2 Å². The zero-order valence-corrected chi connectivity index (χ0v) is 13.1. The Hall–Kier alpha value is -2.24. The fourth-order valence-corrected chi connectivity index (χ4v) is 2.22. The van der Waals surface area contributed by atoms with Gasteiger partial charge in [-0.1, -0.05) is 13.8 Å². The van der Waals surface area contributed by atoms with Gasteiger partial charge in [0.25, 0.3) is 0 Å². The number of amides is 2. The van der Waals surface area contributed by atoms with Crippen LogP contribution in [0.5, 0.6) is 5.75 Å². The Balaban J connectivity index is 3.14. The molecule has 0 spiro atoms. The quantitative estimate of drug-likeness (QED) is 0.585. The summed E-state index contributed by atoms with van der Waals surface area (Å²) >= 11 is 0. The molecule has 0 aromatic heterocycles. The largest absolute Gasteiger partial charge is 0.508 e. The van der Waals surface area contributed by atoms with E-state index in [0.717, 1.165) is 16.8 Å². The second kappa shape index (κ2) is 7.52. The van der Waals surface area contributed by atoms with E-state index in [1.165, 1.54) is 4.90 Å². The van der Waals surface area contributed by atoms with Gasteiger partial charge in [-0.05, 0) is 43.0 Å². The number of nitrogens with zero attached hydrogens (tertiary/aromatic N) is 2. The average molecular weight is 292 g/mol. The predicted octanol–water partition coefficient (Wildman–Crippen LogP) is 2.00. The lowest BCUT2D eigenvalue weighted by Crippen LogP contribution is -2.45. The van der Waals surface area contributed by atoms with Gasteiger partial charge in [-0.2, -0.15) is 0 Å². The predicted molar refractivity (Wildman–Crippen MR) is 86.0 cm³/mol. The van der Waals surface area contributed by atoms with Crippen molar-refractivity contribution < 1.29 is 9.90 Å². The second-order valence-electron chi connectivity index (χ2n) is 4.67. The number of nitrogens with one attached hydrogen (secondary N) is 1. The Bertz CT molecular complexity index is 515. The van der Waals surface area contributed by atoms with Gasteiger partial charge in [0.1, 0.15) is 5.75 Å². The third-order valence-corrected chi connectivity index (χ3v) is 3.22. The van der Waals surface area contributed by atoms with E-state index < -0.39 is 0 Å². The summed E-state index contributed by atoms with van der Waals surface area (Å²) in [5, 5.41) is 12.3. The Kier molecular flexibility index (Phi) is 6.02. The van der Waals surface area contributed by atoms with Crippen LogP contribution in [-0.2, 0) is 12.8 Å². The smallest absolute Gasteiger partial charge is 0.328 e. The van der Waals surface area contributed by atoms with E-state index in [4.69, 9.17) is 5.73 Å². The molecule has 21 heavy (non-hydrogen) atoms. The summed E-state index contributed by atoms with van der Waals surface area (Å²) < 4.78 is 0. The normalized spacial score (nSPS) is 11.3. The van der Waals surface area contributed by atoms with Crippen LogP contribution in [0.2, 0.25) is 0 Å². The van der Waals surface area contributed by atoms with Crippen molar-refractivity contribution in [1.82, 2.24) is 5.32 Å². The number of guanidine groups is 1. The fraction of sp³-hybridized carbons (Fsp3) is 0.467. The third kappa shape index (κ3) is 4.11. The second-order valence-corrected chi connectivity index (χ2v) is 4.67. The molecule has 0 fully saturated rings. The van der Waals surface area contributed by atoms with Crippen molar-refractivity contribution in [2.75, 3.05) is 18.5 Å². The minimum Gasteiger partial charge on any atom is -0.508 e. The molecule has 0 saturated heterocycles. The van der Waals surface area contributed by atoms with Gasteiger partial charge in [-0.25, -0.2) is 4.79 Å². The topological polar surface area (TPSA) is 90.9 Å². The van der Waals surface area contributed by atoms with Crippen LogP contribution < -0.4 is 16.0 Å². The molecule has 6 nitrogen and oxygen atoms in total. The summed E-state index contributed by atoms with van der Waals surface area (Å²) in [6, 6.07) is 3.02. The number of hydrogen-bond acceptors (Lipinski definition) is 3. The van der Waals surface area contributed by atoms with Gasteiger partial charge in [0.15, 0.2) is 5.96 Å². The minimum atomic E-state index is -0.347. The number of aliphatic imine (C=N–C) groups is 1. The molecule has 0 aliphatic heterocycles. The van der Waals surface area contributed by atoms with Crippen molar-refractivity contribution in [3.8, 4) is 5.75 Å². The number of aromatic hydroxyl groups is 1. The summed E-state index contributed by atoms with van der Waals surface area (Å²) in [5.74, 6) is 0.317. The number of aryl methyl sites for hydroxylation is 2. The molecule has 0 radical (unpaired) electrons. The van der Waals surface area contributed by atoms with Crippen molar-refractivity contribution in [1.29, 1.82) is 0 Å². The molecule has 1 aromatic rings. The Morgan fingerprint density at radius 2 is 1.81 bits per heavy atom. The van der Waals surface area contributed by atoms with E-state index in [9.17, 15) is 9.90 Å². The highest BCUT2D eigenvalue weighted by atomic mass is 16.3. The molecule has 1 aromatic carbocycles. The summed E-state index contributed by atoms with van der Waals surface area (Å²) in [7, 11) is 1.68. The monoisotopic (exact) mass is 292 g/mol. The van der Waals surface area contributed by atoms with Crippen LogP contribution in [-0.4, -0.2) is 30.7 Å². The van der Waals surface area contributed by atoms with Crippen LogP contribution >= 0.6 is 0 Å². The first-order chi connectivity index (χ1) is 9.94. The molecule has 0 saturated carbocycles. The number of phenols is 1. The zero-order chi connectivity index (χ0) is 16.0. The number of urea groups is 1. The highest BCUT2D eigenvalue weighted by molar-refractivity contribution is 6.03. The third-order valence-electron chi connectivity index (χ3n) is 3.22. The first-order valence-corrected chi connectivity index (χ1v) is 7.13. The molecule has 4 N–H and O–H groups in total. The van der Waals surface area contributed by atoms with Crippen molar-refractivity contribution >= 4 is 17.7 Å².